The number of nitrogens with one attached hydrogen (secondary N) is 2. The van der Waals surface area contributed by atoms with E-state index >= 15 is 0 Å². The Balaban J connectivity index is 1.60. The van der Waals surface area contributed by atoms with E-state index in [1.807, 2.05) is 11.0 Å². The molecule has 0 amide bonds. The number of ether oxygens (including phenoxy) is 1. The first-order valence-electron chi connectivity index (χ1n) is 6.86. The number of anilines is 1. The zero-order valence-electron chi connectivity index (χ0n) is 11.5. The summed E-state index contributed by atoms with van der Waals surface area (Å²) >= 11 is 0. The van der Waals surface area contributed by atoms with Gasteiger partial charge in [-0.1, -0.05) is 6.07 Å². The number of piperidine rings is 1. The third-order valence-corrected chi connectivity index (χ3v) is 4.06. The molecule has 5 nitrogen and oxygen atoms in total. The Morgan fingerprint density at radius 1 is 1.40 bits per heavy atom. The minimum Gasteiger partial charge on any atom is -0.469 e. The number of methoxy groups -OCH3 is 1. The highest BCUT2D eigenvalue weighted by atomic mass is 19.1. The van der Waals surface area contributed by atoms with Gasteiger partial charge in [-0.15, -0.1) is 0 Å². The molecule has 2 aliphatic heterocycles. The van der Waals surface area contributed by atoms with Gasteiger partial charge < -0.3 is 15.1 Å². The minimum atomic E-state index is -0.207. The van der Waals surface area contributed by atoms with Crippen LogP contribution in [-0.4, -0.2) is 42.2 Å². The molecule has 108 valence electrons. The third kappa shape index (κ3) is 2.43. The normalized spacial score (nSPS) is 19.6. The summed E-state index contributed by atoms with van der Waals surface area (Å²) in [4.78, 5) is 1.94. The summed E-state index contributed by atoms with van der Waals surface area (Å²) in [5.74, 6) is -0.207. The van der Waals surface area contributed by atoms with Gasteiger partial charge in [-0.05, 0) is 30.5 Å². The van der Waals surface area contributed by atoms with E-state index in [2.05, 4.69) is 10.4 Å². The fourth-order valence-corrected chi connectivity index (χ4v) is 2.90. The SMILES string of the molecule is COC(=N)N1CCC(N2Cc3ccc(F)cc3N2)CC1. The number of nitrogens with zero attached hydrogens (tertiary/aromatic N) is 2. The summed E-state index contributed by atoms with van der Waals surface area (Å²) < 4.78 is 18.2. The summed E-state index contributed by atoms with van der Waals surface area (Å²) in [6.07, 6.45) is 1.93. The van der Waals surface area contributed by atoms with Gasteiger partial charge in [-0.2, -0.15) is 0 Å². The van der Waals surface area contributed by atoms with Crippen LogP contribution in [0.5, 0.6) is 0 Å². The Morgan fingerprint density at radius 2 is 2.15 bits per heavy atom. The van der Waals surface area contributed by atoms with Crippen molar-refractivity contribution in [2.45, 2.75) is 25.4 Å². The molecular formula is C14H19FN4O. The average molecular weight is 278 g/mol. The van der Waals surface area contributed by atoms with E-state index in [-0.39, 0.29) is 11.8 Å². The fourth-order valence-electron chi connectivity index (χ4n) is 2.90. The fraction of sp³-hybridized carbons (Fsp3) is 0.500. The van der Waals surface area contributed by atoms with Gasteiger partial charge >= 0.3 is 0 Å². The number of likely N-dealkylation sites (tertiary alicyclic amines) is 1. The zero-order chi connectivity index (χ0) is 14.1. The lowest BCUT2D eigenvalue weighted by atomic mass is 10.0. The molecule has 0 unspecified atom stereocenters. The van der Waals surface area contributed by atoms with E-state index in [1.54, 1.807) is 6.07 Å². The van der Waals surface area contributed by atoms with Crippen molar-refractivity contribution in [2.75, 3.05) is 25.6 Å². The van der Waals surface area contributed by atoms with E-state index in [0.717, 1.165) is 43.7 Å². The molecule has 0 radical (unpaired) electrons. The third-order valence-electron chi connectivity index (χ3n) is 4.06. The summed E-state index contributed by atoms with van der Waals surface area (Å²) in [7, 11) is 1.53. The van der Waals surface area contributed by atoms with Gasteiger partial charge in [0.15, 0.2) is 0 Å². The maximum absolute atomic E-state index is 13.2. The number of amidine groups is 1. The molecule has 0 atom stereocenters. The summed E-state index contributed by atoms with van der Waals surface area (Å²) in [6.45, 7) is 2.45. The summed E-state index contributed by atoms with van der Waals surface area (Å²) in [6, 6.07) is 5.54. The number of hydrazine groups is 1. The molecule has 0 spiro atoms. The molecule has 6 heteroatoms. The van der Waals surface area contributed by atoms with Crippen LogP contribution in [0.2, 0.25) is 0 Å². The second kappa shape index (κ2) is 5.28. The molecule has 0 saturated carbocycles. The van der Waals surface area contributed by atoms with Gasteiger partial charge in [-0.3, -0.25) is 5.41 Å². The van der Waals surface area contributed by atoms with Crippen LogP contribution >= 0.6 is 0 Å². The highest BCUT2D eigenvalue weighted by molar-refractivity contribution is 5.70. The highest BCUT2D eigenvalue weighted by Crippen LogP contribution is 2.29. The molecule has 3 rings (SSSR count). The molecule has 2 aliphatic rings. The Kier molecular flexibility index (Phi) is 3.48. The molecule has 20 heavy (non-hydrogen) atoms. The predicted molar refractivity (Wildman–Crippen MR) is 74.9 cm³/mol. The molecular weight excluding hydrogens is 259 g/mol. The maximum Gasteiger partial charge on any atom is 0.284 e. The van der Waals surface area contributed by atoms with E-state index in [0.29, 0.717) is 6.04 Å². The monoisotopic (exact) mass is 278 g/mol. The van der Waals surface area contributed by atoms with Crippen LogP contribution in [0.15, 0.2) is 18.2 Å². The number of benzene rings is 1. The van der Waals surface area contributed by atoms with Crippen molar-refractivity contribution in [2.24, 2.45) is 0 Å². The Morgan fingerprint density at radius 3 is 2.85 bits per heavy atom. The first kappa shape index (κ1) is 13.2. The van der Waals surface area contributed by atoms with Gasteiger partial charge in [0.2, 0.25) is 0 Å². The zero-order valence-corrected chi connectivity index (χ0v) is 11.5. The molecule has 2 N–H and O–H groups in total. The van der Waals surface area contributed by atoms with E-state index in [9.17, 15) is 4.39 Å². The first-order valence-corrected chi connectivity index (χ1v) is 6.86. The number of rotatable bonds is 1. The number of fused-ring (bicyclic) bond motifs is 1. The van der Waals surface area contributed by atoms with Gasteiger partial charge in [-0.25, -0.2) is 9.40 Å². The minimum absolute atomic E-state index is 0.207. The van der Waals surface area contributed by atoms with Crippen molar-refractivity contribution in [3.63, 3.8) is 0 Å². The molecule has 0 bridgehead atoms. The van der Waals surface area contributed by atoms with Crippen LogP contribution in [0.4, 0.5) is 10.1 Å². The lowest BCUT2D eigenvalue weighted by Gasteiger charge is -2.36. The lowest BCUT2D eigenvalue weighted by Crippen LogP contribution is -2.47. The summed E-state index contributed by atoms with van der Waals surface area (Å²) in [5.41, 5.74) is 5.30. The summed E-state index contributed by atoms with van der Waals surface area (Å²) in [5, 5.41) is 9.85. The Hall–Kier alpha value is -1.82. The topological polar surface area (TPSA) is 51.6 Å². The highest BCUT2D eigenvalue weighted by Gasteiger charge is 2.29. The first-order chi connectivity index (χ1) is 9.67. The second-order valence-electron chi connectivity index (χ2n) is 5.27. The predicted octanol–water partition coefficient (Wildman–Crippen LogP) is 2.01. The van der Waals surface area contributed by atoms with Crippen LogP contribution < -0.4 is 5.43 Å². The van der Waals surface area contributed by atoms with Crippen LogP contribution in [0.1, 0.15) is 18.4 Å². The number of hydrogen-bond donors (Lipinski definition) is 2. The molecule has 1 aromatic rings. The van der Waals surface area contributed by atoms with Crippen molar-refractivity contribution in [1.82, 2.24) is 9.91 Å². The van der Waals surface area contributed by atoms with Crippen LogP contribution in [-0.2, 0) is 11.3 Å². The van der Waals surface area contributed by atoms with Crippen LogP contribution in [0.25, 0.3) is 0 Å². The quantitative estimate of drug-likeness (QED) is 0.609. The Bertz CT molecular complexity index is 514. The smallest absolute Gasteiger partial charge is 0.284 e. The molecule has 1 saturated heterocycles. The second-order valence-corrected chi connectivity index (χ2v) is 5.27. The maximum atomic E-state index is 13.2. The standard InChI is InChI=1S/C14H19FN4O/c1-20-14(16)18-6-4-12(5-7-18)19-9-10-2-3-11(15)8-13(10)17-19/h2-3,8,12,16-17H,4-7,9H2,1H3. The van der Waals surface area contributed by atoms with Crippen molar-refractivity contribution in [1.29, 1.82) is 5.41 Å². The van der Waals surface area contributed by atoms with Gasteiger partial charge in [0.25, 0.3) is 6.02 Å². The van der Waals surface area contributed by atoms with E-state index < -0.39 is 0 Å². The van der Waals surface area contributed by atoms with E-state index in [1.165, 1.54) is 13.2 Å². The van der Waals surface area contributed by atoms with Crippen LogP contribution in [0.3, 0.4) is 0 Å². The lowest BCUT2D eigenvalue weighted by molar-refractivity contribution is 0.148. The molecule has 1 fully saturated rings. The molecule has 1 aromatic carbocycles. The molecule has 0 aliphatic carbocycles. The molecule has 0 aromatic heterocycles. The Labute approximate surface area is 117 Å². The van der Waals surface area contributed by atoms with Crippen LogP contribution in [0, 0.1) is 11.2 Å². The van der Waals surface area contributed by atoms with Crippen molar-refractivity contribution < 1.29 is 9.13 Å². The van der Waals surface area contributed by atoms with Gasteiger partial charge in [0, 0.05) is 25.7 Å². The number of hydrogen-bond acceptors (Lipinski definition) is 4. The van der Waals surface area contributed by atoms with Gasteiger partial charge in [0.05, 0.1) is 12.8 Å². The van der Waals surface area contributed by atoms with Crippen molar-refractivity contribution in [3.8, 4) is 0 Å². The van der Waals surface area contributed by atoms with E-state index in [4.69, 9.17) is 10.1 Å². The van der Waals surface area contributed by atoms with Gasteiger partial charge in [0.1, 0.15) is 5.82 Å². The molecule has 2 heterocycles. The van der Waals surface area contributed by atoms with Crippen molar-refractivity contribution >= 4 is 11.7 Å². The van der Waals surface area contributed by atoms with Crippen molar-refractivity contribution in [3.05, 3.63) is 29.6 Å². The number of halogens is 1. The average Bonchev–Trinajstić information content (AvgIpc) is 2.89. The largest absolute Gasteiger partial charge is 0.469 e.